The van der Waals surface area contributed by atoms with E-state index in [9.17, 15) is 13.2 Å². The van der Waals surface area contributed by atoms with Crippen molar-refractivity contribution in [3.05, 3.63) is 34.9 Å². The van der Waals surface area contributed by atoms with Crippen molar-refractivity contribution in [3.63, 3.8) is 0 Å². The predicted molar refractivity (Wildman–Crippen MR) is 132 cm³/mol. The molecule has 2 rings (SSSR count). The van der Waals surface area contributed by atoms with Crippen molar-refractivity contribution in [3.8, 4) is 0 Å². The molecule has 0 aromatic heterocycles. The highest BCUT2D eigenvalue weighted by atomic mass is 35.5. The Balaban J connectivity index is 1.93. The van der Waals surface area contributed by atoms with E-state index in [1.807, 2.05) is 12.1 Å². The van der Waals surface area contributed by atoms with Gasteiger partial charge in [-0.15, -0.1) is 0 Å². The zero-order valence-electron chi connectivity index (χ0n) is 20.0. The molecule has 1 aliphatic carbocycles. The Morgan fingerprint density at radius 1 is 1.06 bits per heavy atom. The average Bonchev–Trinajstić information content (AvgIpc) is 2.60. The molecule has 176 valence electrons. The second-order valence-corrected chi connectivity index (χ2v) is 14.1. The molecule has 1 saturated carbocycles. The lowest BCUT2D eigenvalue weighted by molar-refractivity contribution is -0.121. The molecule has 1 aromatic carbocycles. The van der Waals surface area contributed by atoms with Gasteiger partial charge in [0.15, 0.2) is 9.84 Å². The molecule has 1 aliphatic rings. The minimum Gasteiger partial charge on any atom is -0.300 e. The number of carbonyl (C=O) groups excluding carboxylic acids is 1. The fourth-order valence-corrected chi connectivity index (χ4v) is 6.14. The van der Waals surface area contributed by atoms with Crippen LogP contribution in [0.5, 0.6) is 0 Å². The van der Waals surface area contributed by atoms with E-state index >= 15 is 0 Å². The number of hydrogen-bond donors (Lipinski definition) is 0. The van der Waals surface area contributed by atoms with Gasteiger partial charge in [0.25, 0.3) is 0 Å². The Hall–Kier alpha value is -0.870. The first kappa shape index (κ1) is 26.4. The summed E-state index contributed by atoms with van der Waals surface area (Å²) in [5.74, 6) is 1.44. The van der Waals surface area contributed by atoms with Gasteiger partial charge < -0.3 is 0 Å². The number of benzene rings is 1. The van der Waals surface area contributed by atoms with Crippen LogP contribution in [0.2, 0.25) is 5.02 Å². The van der Waals surface area contributed by atoms with Crippen LogP contribution in [0.4, 0.5) is 0 Å². The molecule has 1 unspecified atom stereocenters. The Labute approximate surface area is 195 Å². The fraction of sp³-hybridized carbons (Fsp3) is 0.731. The number of hydrogen-bond acceptors (Lipinski definition) is 3. The summed E-state index contributed by atoms with van der Waals surface area (Å²) in [6.07, 6.45) is 7.94. The molecule has 31 heavy (non-hydrogen) atoms. The molecule has 5 heteroatoms. The van der Waals surface area contributed by atoms with Crippen molar-refractivity contribution >= 4 is 27.2 Å². The second-order valence-electron chi connectivity index (χ2n) is 10.8. The maximum Gasteiger partial charge on any atom is 0.155 e. The molecule has 1 atom stereocenters. The third kappa shape index (κ3) is 7.05. The maximum atomic E-state index is 12.9. The summed E-state index contributed by atoms with van der Waals surface area (Å²) < 4.78 is 23.8. The Kier molecular flexibility index (Phi) is 9.22. The highest BCUT2D eigenvalue weighted by Gasteiger charge is 2.45. The van der Waals surface area contributed by atoms with Gasteiger partial charge in [-0.3, -0.25) is 4.79 Å². The first-order valence-electron chi connectivity index (χ1n) is 11.9. The maximum absolute atomic E-state index is 12.9. The zero-order chi connectivity index (χ0) is 23.3. The fourth-order valence-electron chi connectivity index (χ4n) is 4.82. The molecule has 0 amide bonds. The first-order valence-corrected chi connectivity index (χ1v) is 13.9. The summed E-state index contributed by atoms with van der Waals surface area (Å²) in [6, 6.07) is 8.23. The number of unbranched alkanes of at least 4 members (excludes halogenated alkanes) is 2. The van der Waals surface area contributed by atoms with E-state index in [0.717, 1.165) is 37.1 Å². The van der Waals surface area contributed by atoms with Crippen LogP contribution in [0.25, 0.3) is 0 Å². The van der Waals surface area contributed by atoms with Crippen molar-refractivity contribution in [1.29, 1.82) is 0 Å². The summed E-state index contributed by atoms with van der Waals surface area (Å²) in [4.78, 5) is 12.9. The molecule has 1 aromatic rings. The molecule has 0 saturated heterocycles. The number of halogens is 1. The molecule has 0 bridgehead atoms. The summed E-state index contributed by atoms with van der Waals surface area (Å²) in [5.41, 5.74) is 1.43. The molecule has 1 fully saturated rings. The van der Waals surface area contributed by atoms with Gasteiger partial charge in [-0.2, -0.15) is 0 Å². The van der Waals surface area contributed by atoms with E-state index in [-0.39, 0.29) is 11.2 Å². The number of carbonyl (C=O) groups is 1. The van der Waals surface area contributed by atoms with Gasteiger partial charge in [0.2, 0.25) is 0 Å². The van der Waals surface area contributed by atoms with Crippen LogP contribution >= 0.6 is 11.6 Å². The monoisotopic (exact) mass is 468 g/mol. The van der Waals surface area contributed by atoms with Crippen molar-refractivity contribution in [2.45, 2.75) is 103 Å². The highest BCUT2D eigenvalue weighted by molar-refractivity contribution is 7.92. The van der Waals surface area contributed by atoms with Gasteiger partial charge >= 0.3 is 0 Å². The lowest BCUT2D eigenvalue weighted by atomic mass is 9.55. The van der Waals surface area contributed by atoms with E-state index in [1.54, 1.807) is 20.8 Å². The molecule has 0 spiro atoms. The van der Waals surface area contributed by atoms with E-state index in [4.69, 9.17) is 11.6 Å². The van der Waals surface area contributed by atoms with Gasteiger partial charge in [-0.05, 0) is 87.8 Å². The molecular formula is C26H41ClO3S. The number of ketones is 1. The van der Waals surface area contributed by atoms with Crippen molar-refractivity contribution in [2.24, 2.45) is 11.8 Å². The quantitative estimate of drug-likeness (QED) is 0.306. The Morgan fingerprint density at radius 3 is 2.16 bits per heavy atom. The van der Waals surface area contributed by atoms with E-state index in [2.05, 4.69) is 26.0 Å². The average molecular weight is 469 g/mol. The van der Waals surface area contributed by atoms with Crippen LogP contribution in [0.3, 0.4) is 0 Å². The van der Waals surface area contributed by atoms with Gasteiger partial charge in [-0.1, -0.05) is 50.4 Å². The third-order valence-electron chi connectivity index (χ3n) is 6.98. The Bertz CT molecular complexity index is 815. The van der Waals surface area contributed by atoms with E-state index < -0.39 is 14.6 Å². The third-order valence-corrected chi connectivity index (χ3v) is 9.92. The normalized spacial score (nSPS) is 17.4. The number of sulfone groups is 1. The minimum absolute atomic E-state index is 0.102. The van der Waals surface area contributed by atoms with Gasteiger partial charge in [-0.25, -0.2) is 8.42 Å². The van der Waals surface area contributed by atoms with Gasteiger partial charge in [0.1, 0.15) is 5.78 Å². The molecule has 0 N–H and O–H groups in total. The van der Waals surface area contributed by atoms with Gasteiger partial charge in [0.05, 0.1) is 10.5 Å². The van der Waals surface area contributed by atoms with Crippen LogP contribution in [0, 0.1) is 11.8 Å². The summed E-state index contributed by atoms with van der Waals surface area (Å²) >= 11 is 6.12. The van der Waals surface area contributed by atoms with Crippen molar-refractivity contribution in [2.75, 3.05) is 5.75 Å². The smallest absolute Gasteiger partial charge is 0.155 e. The predicted octanol–water partition coefficient (Wildman–Crippen LogP) is 7.16. The highest BCUT2D eigenvalue weighted by Crippen LogP contribution is 2.52. The van der Waals surface area contributed by atoms with Crippen molar-refractivity contribution in [1.82, 2.24) is 0 Å². The molecule has 3 nitrogen and oxygen atoms in total. The van der Waals surface area contributed by atoms with Crippen LogP contribution in [0.1, 0.15) is 98.0 Å². The molecule has 0 radical (unpaired) electrons. The van der Waals surface area contributed by atoms with Crippen molar-refractivity contribution < 1.29 is 13.2 Å². The summed E-state index contributed by atoms with van der Waals surface area (Å²) in [7, 11) is -3.07. The summed E-state index contributed by atoms with van der Waals surface area (Å²) in [5, 5.41) is 0.753. The number of rotatable bonds is 12. The summed E-state index contributed by atoms with van der Waals surface area (Å²) in [6.45, 7) is 9.72. The molecule has 0 heterocycles. The van der Waals surface area contributed by atoms with Crippen LogP contribution in [-0.2, 0) is 20.0 Å². The lowest BCUT2D eigenvalue weighted by Crippen LogP contribution is -2.43. The standard InChI is InChI=1S/C26H41ClO3S/c1-20(2)18-22(26(15-9-16-26)21-11-13-23(27)14-12-21)19-24(28)10-7-6-8-17-31(29,30)25(3,4)5/h11-14,20,22H,6-10,15-19H2,1-5H3. The second kappa shape index (κ2) is 10.8. The van der Waals surface area contributed by atoms with E-state index in [0.29, 0.717) is 36.9 Å². The zero-order valence-corrected chi connectivity index (χ0v) is 21.6. The van der Waals surface area contributed by atoms with Gasteiger partial charge in [0, 0.05) is 17.9 Å². The Morgan fingerprint density at radius 2 is 1.68 bits per heavy atom. The van der Waals surface area contributed by atoms with E-state index in [1.165, 1.54) is 12.0 Å². The number of Topliss-reactive ketones (excluding diaryl/α,β-unsaturated/α-hetero) is 1. The minimum atomic E-state index is -3.07. The first-order chi connectivity index (χ1) is 14.4. The molecular weight excluding hydrogens is 428 g/mol. The SMILES string of the molecule is CC(C)CC(CC(=O)CCCCCS(=O)(=O)C(C)(C)C)C1(c2ccc(Cl)cc2)CCC1. The largest absolute Gasteiger partial charge is 0.300 e. The van der Waals surface area contributed by atoms with Crippen LogP contribution < -0.4 is 0 Å². The molecule has 0 aliphatic heterocycles. The topological polar surface area (TPSA) is 51.2 Å². The van der Waals surface area contributed by atoms with Crippen LogP contribution in [0.15, 0.2) is 24.3 Å². The lowest BCUT2D eigenvalue weighted by Gasteiger charge is -2.49. The van der Waals surface area contributed by atoms with Crippen LogP contribution in [-0.4, -0.2) is 24.7 Å².